The minimum absolute atomic E-state index is 0.206. The van der Waals surface area contributed by atoms with Crippen LogP contribution < -0.4 is 0 Å². The second-order valence-corrected chi connectivity index (χ2v) is 5.34. The largest absolute Gasteiger partial charge is 0.336 e. The van der Waals surface area contributed by atoms with E-state index in [9.17, 15) is 4.79 Å². The fourth-order valence-electron chi connectivity index (χ4n) is 2.97. The topological polar surface area (TPSA) is 20.3 Å². The summed E-state index contributed by atoms with van der Waals surface area (Å²) in [7, 11) is 0. The van der Waals surface area contributed by atoms with E-state index in [0.29, 0.717) is 6.04 Å². The van der Waals surface area contributed by atoms with Crippen molar-refractivity contribution in [3.8, 4) is 0 Å². The second-order valence-electron chi connectivity index (χ2n) is 5.34. The van der Waals surface area contributed by atoms with Gasteiger partial charge in [0.25, 0.3) is 5.91 Å². The van der Waals surface area contributed by atoms with Gasteiger partial charge < -0.3 is 4.90 Å². The van der Waals surface area contributed by atoms with Crippen LogP contribution in [-0.4, -0.2) is 23.4 Å². The standard InChI is InChI=1S/C16H19NO/c1-12-5-4-10-17(12)16(18)15-9-8-13-6-2-3-7-14(13)11-15/h2,6,8-9,11-12H,3-5,7,10H2,1H3. The van der Waals surface area contributed by atoms with E-state index >= 15 is 0 Å². The summed E-state index contributed by atoms with van der Waals surface area (Å²) in [4.78, 5) is 14.5. The van der Waals surface area contributed by atoms with Crippen LogP contribution in [0, 0.1) is 0 Å². The third kappa shape index (κ3) is 1.96. The summed E-state index contributed by atoms with van der Waals surface area (Å²) in [6, 6.07) is 6.54. The summed E-state index contributed by atoms with van der Waals surface area (Å²) < 4.78 is 0. The van der Waals surface area contributed by atoms with Crippen LogP contribution in [0.25, 0.3) is 6.08 Å². The molecule has 18 heavy (non-hydrogen) atoms. The van der Waals surface area contributed by atoms with Crippen LogP contribution in [0.2, 0.25) is 0 Å². The molecular weight excluding hydrogens is 222 g/mol. The Balaban J connectivity index is 1.88. The van der Waals surface area contributed by atoms with Gasteiger partial charge in [0.05, 0.1) is 0 Å². The molecule has 1 aromatic rings. The van der Waals surface area contributed by atoms with E-state index < -0.39 is 0 Å². The van der Waals surface area contributed by atoms with Gasteiger partial charge in [0.2, 0.25) is 0 Å². The number of amides is 1. The third-order valence-corrected chi connectivity index (χ3v) is 4.08. The fourth-order valence-corrected chi connectivity index (χ4v) is 2.97. The summed E-state index contributed by atoms with van der Waals surface area (Å²) in [5.74, 6) is 0.206. The second kappa shape index (κ2) is 4.60. The zero-order chi connectivity index (χ0) is 12.5. The quantitative estimate of drug-likeness (QED) is 0.739. The molecule has 1 saturated heterocycles. The molecule has 1 unspecified atom stereocenters. The van der Waals surface area contributed by atoms with Crippen LogP contribution in [0.3, 0.4) is 0 Å². The summed E-state index contributed by atoms with van der Waals surface area (Å²) >= 11 is 0. The van der Waals surface area contributed by atoms with Gasteiger partial charge in [-0.2, -0.15) is 0 Å². The van der Waals surface area contributed by atoms with Crippen LogP contribution in [0.5, 0.6) is 0 Å². The van der Waals surface area contributed by atoms with Crippen LogP contribution in [-0.2, 0) is 6.42 Å². The first kappa shape index (κ1) is 11.5. The average molecular weight is 241 g/mol. The number of hydrogen-bond donors (Lipinski definition) is 0. The number of nitrogens with zero attached hydrogens (tertiary/aromatic N) is 1. The SMILES string of the molecule is CC1CCCN1C(=O)c1ccc2c(c1)CCC=C2. The van der Waals surface area contributed by atoms with E-state index in [-0.39, 0.29) is 5.91 Å². The molecule has 1 aromatic carbocycles. The molecule has 1 heterocycles. The minimum Gasteiger partial charge on any atom is -0.336 e. The highest BCUT2D eigenvalue weighted by molar-refractivity contribution is 5.95. The lowest BCUT2D eigenvalue weighted by atomic mass is 9.95. The van der Waals surface area contributed by atoms with Gasteiger partial charge in [0, 0.05) is 18.2 Å². The van der Waals surface area contributed by atoms with E-state index in [0.717, 1.165) is 37.8 Å². The molecule has 1 aliphatic heterocycles. The van der Waals surface area contributed by atoms with Crippen molar-refractivity contribution >= 4 is 12.0 Å². The lowest BCUT2D eigenvalue weighted by molar-refractivity contribution is 0.0747. The highest BCUT2D eigenvalue weighted by atomic mass is 16.2. The number of allylic oxidation sites excluding steroid dienone is 1. The first-order valence-corrected chi connectivity index (χ1v) is 6.86. The Morgan fingerprint density at radius 1 is 1.39 bits per heavy atom. The molecule has 1 amide bonds. The molecule has 0 aromatic heterocycles. The van der Waals surface area contributed by atoms with Gasteiger partial charge in [-0.25, -0.2) is 0 Å². The minimum atomic E-state index is 0.206. The fraction of sp³-hybridized carbons (Fsp3) is 0.438. The number of benzene rings is 1. The monoisotopic (exact) mass is 241 g/mol. The number of carbonyl (C=O) groups excluding carboxylic acids is 1. The molecule has 1 fully saturated rings. The van der Waals surface area contributed by atoms with Crippen LogP contribution in [0.15, 0.2) is 24.3 Å². The van der Waals surface area contributed by atoms with E-state index in [2.05, 4.69) is 31.2 Å². The van der Waals surface area contributed by atoms with Crippen LogP contribution in [0.4, 0.5) is 0 Å². The highest BCUT2D eigenvalue weighted by Crippen LogP contribution is 2.24. The van der Waals surface area contributed by atoms with E-state index in [1.165, 1.54) is 11.1 Å². The van der Waals surface area contributed by atoms with E-state index in [1.54, 1.807) is 0 Å². The van der Waals surface area contributed by atoms with E-state index in [1.807, 2.05) is 11.0 Å². The molecule has 0 N–H and O–H groups in total. The molecule has 2 heteroatoms. The maximum atomic E-state index is 12.5. The molecule has 3 rings (SSSR count). The molecule has 1 aliphatic carbocycles. The van der Waals surface area contributed by atoms with Gasteiger partial charge in [-0.05, 0) is 55.9 Å². The summed E-state index contributed by atoms with van der Waals surface area (Å²) in [5.41, 5.74) is 3.44. The first-order chi connectivity index (χ1) is 8.75. The van der Waals surface area contributed by atoms with Crippen molar-refractivity contribution in [2.45, 2.75) is 38.6 Å². The van der Waals surface area contributed by atoms with Crippen molar-refractivity contribution in [2.24, 2.45) is 0 Å². The highest BCUT2D eigenvalue weighted by Gasteiger charge is 2.26. The molecule has 2 nitrogen and oxygen atoms in total. The number of rotatable bonds is 1. The molecule has 0 bridgehead atoms. The molecular formula is C16H19NO. The van der Waals surface area contributed by atoms with Crippen LogP contribution >= 0.6 is 0 Å². The van der Waals surface area contributed by atoms with Gasteiger partial charge in [-0.15, -0.1) is 0 Å². The van der Waals surface area contributed by atoms with Gasteiger partial charge >= 0.3 is 0 Å². The molecule has 0 saturated carbocycles. The van der Waals surface area contributed by atoms with Crippen molar-refractivity contribution < 1.29 is 4.79 Å². The zero-order valence-corrected chi connectivity index (χ0v) is 10.9. The molecule has 94 valence electrons. The summed E-state index contributed by atoms with van der Waals surface area (Å²) in [5, 5.41) is 0. The Bertz CT molecular complexity index is 504. The van der Waals surface area contributed by atoms with Crippen molar-refractivity contribution in [3.05, 3.63) is 41.0 Å². The predicted octanol–water partition coefficient (Wildman–Crippen LogP) is 3.27. The Morgan fingerprint density at radius 2 is 2.28 bits per heavy atom. The van der Waals surface area contributed by atoms with Gasteiger partial charge in [0.15, 0.2) is 0 Å². The Morgan fingerprint density at radius 3 is 3.06 bits per heavy atom. The third-order valence-electron chi connectivity index (χ3n) is 4.08. The zero-order valence-electron chi connectivity index (χ0n) is 10.9. The molecule has 0 radical (unpaired) electrons. The first-order valence-electron chi connectivity index (χ1n) is 6.86. The number of fused-ring (bicyclic) bond motifs is 1. The van der Waals surface area contributed by atoms with Crippen molar-refractivity contribution in [3.63, 3.8) is 0 Å². The lowest BCUT2D eigenvalue weighted by Gasteiger charge is -2.22. The maximum absolute atomic E-state index is 12.5. The van der Waals surface area contributed by atoms with Crippen molar-refractivity contribution in [1.29, 1.82) is 0 Å². The Labute approximate surface area is 108 Å². The number of carbonyl (C=O) groups is 1. The smallest absolute Gasteiger partial charge is 0.254 e. The van der Waals surface area contributed by atoms with Gasteiger partial charge in [0.1, 0.15) is 0 Å². The number of aryl methyl sites for hydroxylation is 1. The summed E-state index contributed by atoms with van der Waals surface area (Å²) in [6.45, 7) is 3.06. The predicted molar refractivity (Wildman–Crippen MR) is 73.5 cm³/mol. The van der Waals surface area contributed by atoms with Crippen LogP contribution in [0.1, 0.15) is 47.7 Å². The average Bonchev–Trinajstić information content (AvgIpc) is 2.83. The number of likely N-dealkylation sites (tertiary alicyclic amines) is 1. The normalized spacial score (nSPS) is 22.1. The molecule has 2 aliphatic rings. The van der Waals surface area contributed by atoms with E-state index in [4.69, 9.17) is 0 Å². The van der Waals surface area contributed by atoms with Gasteiger partial charge in [-0.1, -0.05) is 18.2 Å². The van der Waals surface area contributed by atoms with Gasteiger partial charge in [-0.3, -0.25) is 4.79 Å². The lowest BCUT2D eigenvalue weighted by Crippen LogP contribution is -2.33. The maximum Gasteiger partial charge on any atom is 0.254 e. The Kier molecular flexibility index (Phi) is 2.94. The Hall–Kier alpha value is -1.57. The molecule has 0 spiro atoms. The summed E-state index contributed by atoms with van der Waals surface area (Å²) in [6.07, 6.45) is 8.78. The van der Waals surface area contributed by atoms with Crippen molar-refractivity contribution in [2.75, 3.05) is 6.54 Å². The molecule has 1 atom stereocenters. The number of hydrogen-bond acceptors (Lipinski definition) is 1. The van der Waals surface area contributed by atoms with Crippen molar-refractivity contribution in [1.82, 2.24) is 4.90 Å².